The number of aromatic amines is 1. The number of primary amides is 1. The van der Waals surface area contributed by atoms with E-state index in [1.54, 1.807) is 37.6 Å². The number of imidazole rings is 1. The first kappa shape index (κ1) is 28.3. The highest BCUT2D eigenvalue weighted by Crippen LogP contribution is 2.32. The Kier molecular flexibility index (Phi) is 8.42. The van der Waals surface area contributed by atoms with Gasteiger partial charge in [0.2, 0.25) is 17.7 Å². The summed E-state index contributed by atoms with van der Waals surface area (Å²) in [6.45, 7) is -0.0689. The zero-order chi connectivity index (χ0) is 29.6. The van der Waals surface area contributed by atoms with Crippen molar-refractivity contribution >= 4 is 40.3 Å². The lowest BCUT2D eigenvalue weighted by atomic mass is 10.1. The van der Waals surface area contributed by atoms with Crippen molar-refractivity contribution in [1.29, 1.82) is 0 Å². The number of ether oxygens (including phenoxy) is 1. The van der Waals surface area contributed by atoms with Crippen molar-refractivity contribution in [3.05, 3.63) is 72.2 Å². The summed E-state index contributed by atoms with van der Waals surface area (Å²) in [4.78, 5) is 61.8. The molecule has 1 atom stereocenters. The fourth-order valence-electron chi connectivity index (χ4n) is 4.88. The van der Waals surface area contributed by atoms with Gasteiger partial charge in [0, 0.05) is 23.1 Å². The van der Waals surface area contributed by atoms with E-state index < -0.39 is 12.1 Å². The van der Waals surface area contributed by atoms with Gasteiger partial charge in [-0.15, -0.1) is 0 Å². The average molecular weight is 570 g/mol. The zero-order valence-corrected chi connectivity index (χ0v) is 23.1. The van der Waals surface area contributed by atoms with Crippen molar-refractivity contribution < 1.29 is 23.9 Å². The Labute approximate surface area is 241 Å². The monoisotopic (exact) mass is 569 g/mol. The van der Waals surface area contributed by atoms with Crippen LogP contribution >= 0.6 is 0 Å². The Hall–Kier alpha value is -5.26. The van der Waals surface area contributed by atoms with E-state index in [4.69, 9.17) is 10.5 Å². The zero-order valence-electron chi connectivity index (χ0n) is 23.1. The molecule has 216 valence electrons. The molecule has 0 saturated carbocycles. The van der Waals surface area contributed by atoms with Gasteiger partial charge < -0.3 is 20.8 Å². The van der Waals surface area contributed by atoms with Gasteiger partial charge in [-0.25, -0.2) is 14.8 Å². The predicted molar refractivity (Wildman–Crippen MR) is 156 cm³/mol. The molecule has 1 saturated heterocycles. The maximum atomic E-state index is 13.3. The molecule has 5 amide bonds. The van der Waals surface area contributed by atoms with Gasteiger partial charge in [0.25, 0.3) is 5.91 Å². The molecule has 0 aliphatic carbocycles. The molecule has 0 unspecified atom stereocenters. The number of fused-ring (bicyclic) bond motifs is 1. The first-order valence-electron chi connectivity index (χ1n) is 13.6. The van der Waals surface area contributed by atoms with Crippen LogP contribution in [0, 0.1) is 0 Å². The number of unbranched alkanes of at least 4 members (excludes halogenated alkanes) is 2. The number of para-hydroxylation sites is 1. The van der Waals surface area contributed by atoms with Crippen LogP contribution in [0.5, 0.6) is 5.88 Å². The molecule has 0 radical (unpaired) electrons. The van der Waals surface area contributed by atoms with Crippen LogP contribution in [0.4, 0.5) is 10.5 Å². The van der Waals surface area contributed by atoms with Gasteiger partial charge in [-0.2, -0.15) is 0 Å². The number of hydrogen-bond donors (Lipinski definition) is 4. The van der Waals surface area contributed by atoms with Gasteiger partial charge in [-0.1, -0.05) is 31.0 Å². The minimum absolute atomic E-state index is 0.0689. The number of hydrogen-bond acceptors (Lipinski definition) is 7. The van der Waals surface area contributed by atoms with Crippen LogP contribution in [-0.2, 0) is 9.59 Å². The number of rotatable bonds is 12. The number of methoxy groups -OCH3 is 1. The maximum Gasteiger partial charge on any atom is 0.329 e. The van der Waals surface area contributed by atoms with Crippen molar-refractivity contribution in [2.24, 2.45) is 5.73 Å². The molecule has 0 spiro atoms. The second kappa shape index (κ2) is 12.5. The number of nitrogens with one attached hydrogen (secondary N) is 3. The largest absolute Gasteiger partial charge is 0.480 e. The molecule has 1 aliphatic rings. The number of amides is 5. The quantitative estimate of drug-likeness (QED) is 0.149. The molecule has 12 heteroatoms. The molecule has 5 rings (SSSR count). The summed E-state index contributed by atoms with van der Waals surface area (Å²) in [5.74, 6) is -0.0339. The minimum atomic E-state index is -0.500. The molecule has 1 aliphatic heterocycles. The molecule has 12 nitrogen and oxygen atoms in total. The van der Waals surface area contributed by atoms with Crippen LogP contribution < -0.4 is 26.0 Å². The first-order valence-corrected chi connectivity index (χ1v) is 13.6. The van der Waals surface area contributed by atoms with Crippen molar-refractivity contribution in [1.82, 2.24) is 25.6 Å². The minimum Gasteiger partial charge on any atom is -0.480 e. The Bertz CT molecular complexity index is 1630. The summed E-state index contributed by atoms with van der Waals surface area (Å²) in [5.41, 5.74) is 8.40. The number of carbonyl (C=O) groups excluding carboxylic acids is 4. The highest BCUT2D eigenvalue weighted by Gasteiger charge is 2.28. The van der Waals surface area contributed by atoms with E-state index in [0.29, 0.717) is 47.9 Å². The lowest BCUT2D eigenvalue weighted by Crippen LogP contribution is -2.30. The standard InChI is InChI=1S/C30H31N7O5/c1-42-29-21(15-19-7-5-6-8-22(19)35-29)24-16-32-27(33-24)23(9-3-2-4-10-25(31)38)34-28(40)18-11-13-20(14-12-18)37-17-26(39)36-30(37)41/h5-8,11-16,23H,2-4,9-10,17H2,1H3,(H2,31,38)(H,32,33)(H,34,40)(H,36,39,41)/t23-/m0/s1. The van der Waals surface area contributed by atoms with Gasteiger partial charge in [-0.3, -0.25) is 24.6 Å². The Morgan fingerprint density at radius 3 is 2.60 bits per heavy atom. The summed E-state index contributed by atoms with van der Waals surface area (Å²) < 4.78 is 5.56. The van der Waals surface area contributed by atoms with Gasteiger partial charge in [0.1, 0.15) is 12.4 Å². The molecule has 5 N–H and O–H groups in total. The lowest BCUT2D eigenvalue weighted by molar-refractivity contribution is -0.118. The van der Waals surface area contributed by atoms with Crippen molar-refractivity contribution in [3.8, 4) is 17.1 Å². The summed E-state index contributed by atoms with van der Waals surface area (Å²) in [6.07, 6.45) is 4.71. The molecule has 42 heavy (non-hydrogen) atoms. The highest BCUT2D eigenvalue weighted by atomic mass is 16.5. The molecular weight excluding hydrogens is 538 g/mol. The fraction of sp³-hybridized carbons (Fsp3) is 0.267. The fourth-order valence-corrected chi connectivity index (χ4v) is 4.88. The number of imide groups is 1. The molecule has 2 aromatic carbocycles. The number of pyridine rings is 1. The van der Waals surface area contributed by atoms with E-state index in [2.05, 4.69) is 25.6 Å². The molecule has 0 bridgehead atoms. The summed E-state index contributed by atoms with van der Waals surface area (Å²) in [6, 6.07) is 15.2. The number of nitrogens with two attached hydrogens (primary N) is 1. The van der Waals surface area contributed by atoms with Crippen molar-refractivity contribution in [3.63, 3.8) is 0 Å². The van der Waals surface area contributed by atoms with Crippen LogP contribution in [0.25, 0.3) is 22.2 Å². The Balaban J connectivity index is 1.36. The van der Waals surface area contributed by atoms with E-state index in [-0.39, 0.29) is 24.3 Å². The number of carbonyl (C=O) groups is 4. The van der Waals surface area contributed by atoms with Gasteiger partial charge in [-0.05, 0) is 49.2 Å². The predicted octanol–water partition coefficient (Wildman–Crippen LogP) is 3.60. The topological polar surface area (TPSA) is 172 Å². The summed E-state index contributed by atoms with van der Waals surface area (Å²) in [5, 5.41) is 6.24. The molecule has 3 heterocycles. The maximum absolute atomic E-state index is 13.3. The number of anilines is 1. The van der Waals surface area contributed by atoms with E-state index in [1.165, 1.54) is 4.90 Å². The third kappa shape index (κ3) is 6.38. The van der Waals surface area contributed by atoms with E-state index in [0.717, 1.165) is 29.3 Å². The molecule has 2 aromatic heterocycles. The van der Waals surface area contributed by atoms with Crippen molar-refractivity contribution in [2.45, 2.75) is 38.1 Å². The van der Waals surface area contributed by atoms with Crippen LogP contribution in [0.15, 0.2) is 60.8 Å². The van der Waals surface area contributed by atoms with Crippen LogP contribution in [0.3, 0.4) is 0 Å². The number of aromatic nitrogens is 3. The smallest absolute Gasteiger partial charge is 0.329 e. The molecule has 4 aromatic rings. The Morgan fingerprint density at radius 1 is 1.10 bits per heavy atom. The van der Waals surface area contributed by atoms with Crippen LogP contribution in [-0.4, -0.2) is 52.4 Å². The van der Waals surface area contributed by atoms with E-state index >= 15 is 0 Å². The number of nitrogens with zero attached hydrogens (tertiary/aromatic N) is 3. The van der Waals surface area contributed by atoms with Crippen molar-refractivity contribution in [2.75, 3.05) is 18.6 Å². The number of H-pyrrole nitrogens is 1. The third-order valence-corrected chi connectivity index (χ3v) is 7.05. The van der Waals surface area contributed by atoms with Gasteiger partial charge in [0.15, 0.2) is 0 Å². The summed E-state index contributed by atoms with van der Waals surface area (Å²) >= 11 is 0. The second-order valence-electron chi connectivity index (χ2n) is 10.00. The SMILES string of the molecule is COc1nc2ccccc2cc1-c1cnc([C@H](CCCCCC(N)=O)NC(=O)c2ccc(N3CC(=O)NC3=O)cc2)[nH]1. The molecule has 1 fully saturated rings. The van der Waals surface area contributed by atoms with E-state index in [1.807, 2.05) is 30.3 Å². The highest BCUT2D eigenvalue weighted by molar-refractivity contribution is 6.12. The third-order valence-electron chi connectivity index (χ3n) is 7.05. The lowest BCUT2D eigenvalue weighted by Gasteiger charge is -2.18. The summed E-state index contributed by atoms with van der Waals surface area (Å²) in [7, 11) is 1.56. The van der Waals surface area contributed by atoms with Crippen LogP contribution in [0.1, 0.15) is 54.3 Å². The first-order chi connectivity index (χ1) is 20.3. The normalized spacial score (nSPS) is 13.7. The Morgan fingerprint density at radius 2 is 1.88 bits per heavy atom. The number of benzene rings is 2. The van der Waals surface area contributed by atoms with Gasteiger partial charge in [0.05, 0.1) is 36.1 Å². The number of urea groups is 1. The average Bonchev–Trinajstić information content (AvgIpc) is 3.61. The second-order valence-corrected chi connectivity index (χ2v) is 10.00. The van der Waals surface area contributed by atoms with Crippen LogP contribution in [0.2, 0.25) is 0 Å². The molecular formula is C30H31N7O5. The van der Waals surface area contributed by atoms with Gasteiger partial charge >= 0.3 is 6.03 Å². The van der Waals surface area contributed by atoms with E-state index in [9.17, 15) is 19.2 Å².